The summed E-state index contributed by atoms with van der Waals surface area (Å²) in [5.74, 6) is -0.650. The molecule has 108 valence electrons. The van der Waals surface area contributed by atoms with Gasteiger partial charge in [-0.05, 0) is 37.5 Å². The van der Waals surface area contributed by atoms with Crippen LogP contribution in [-0.2, 0) is 9.53 Å². The molecule has 0 aliphatic carbocycles. The van der Waals surface area contributed by atoms with Gasteiger partial charge in [-0.2, -0.15) is 0 Å². The normalized spacial score (nSPS) is 18.6. The second-order valence-electron chi connectivity index (χ2n) is 4.80. The second-order valence-corrected chi connectivity index (χ2v) is 5.24. The highest BCUT2D eigenvalue weighted by Crippen LogP contribution is 2.18. The first-order valence-corrected chi connectivity index (χ1v) is 6.98. The third-order valence-corrected chi connectivity index (χ3v) is 3.42. The summed E-state index contributed by atoms with van der Waals surface area (Å²) in [5.41, 5.74) is 6.04. The van der Waals surface area contributed by atoms with Gasteiger partial charge in [-0.1, -0.05) is 12.2 Å². The fraction of sp³-hybridized carbons (Fsp3) is 0.429. The van der Waals surface area contributed by atoms with Gasteiger partial charge in [0.15, 0.2) is 0 Å². The summed E-state index contributed by atoms with van der Waals surface area (Å²) in [7, 11) is 0. The molecule has 1 amide bonds. The first-order chi connectivity index (χ1) is 9.56. The highest BCUT2D eigenvalue weighted by Gasteiger charge is 2.18. The van der Waals surface area contributed by atoms with E-state index < -0.39 is 5.82 Å². The molecular formula is C14H17FN2O2S. The number of rotatable bonds is 4. The maximum absolute atomic E-state index is 13.4. The van der Waals surface area contributed by atoms with Crippen LogP contribution < -0.4 is 11.1 Å². The zero-order valence-electron chi connectivity index (χ0n) is 11.0. The van der Waals surface area contributed by atoms with Crippen molar-refractivity contribution in [2.75, 3.05) is 11.9 Å². The van der Waals surface area contributed by atoms with Crippen LogP contribution in [-0.4, -0.2) is 23.6 Å². The minimum atomic E-state index is -0.494. The molecule has 20 heavy (non-hydrogen) atoms. The standard InChI is InChI=1S/C14H17FN2O2S/c15-12-5-4-9(7-11(12)14(16)20)17-13(18)8-10-3-1-2-6-19-10/h4-5,7,10H,1-3,6,8H2,(H2,16,20)(H,17,18). The van der Waals surface area contributed by atoms with Crippen molar-refractivity contribution in [2.45, 2.75) is 31.8 Å². The van der Waals surface area contributed by atoms with Crippen LogP contribution in [0.4, 0.5) is 10.1 Å². The number of nitrogens with two attached hydrogens (primary N) is 1. The molecule has 1 unspecified atom stereocenters. The summed E-state index contributed by atoms with van der Waals surface area (Å²) in [6, 6.07) is 4.16. The Labute approximate surface area is 122 Å². The topological polar surface area (TPSA) is 64.3 Å². The minimum absolute atomic E-state index is 0.0285. The van der Waals surface area contributed by atoms with E-state index in [1.54, 1.807) is 0 Å². The van der Waals surface area contributed by atoms with Crippen molar-refractivity contribution in [1.29, 1.82) is 0 Å². The summed E-state index contributed by atoms with van der Waals surface area (Å²) in [4.78, 5) is 11.9. The van der Waals surface area contributed by atoms with Gasteiger partial charge in [-0.3, -0.25) is 4.79 Å². The van der Waals surface area contributed by atoms with Gasteiger partial charge in [0.1, 0.15) is 10.8 Å². The smallest absolute Gasteiger partial charge is 0.226 e. The van der Waals surface area contributed by atoms with Gasteiger partial charge in [0.2, 0.25) is 5.91 Å². The molecule has 1 atom stereocenters. The lowest BCUT2D eigenvalue weighted by Gasteiger charge is -2.22. The van der Waals surface area contributed by atoms with Crippen molar-refractivity contribution in [2.24, 2.45) is 5.73 Å². The van der Waals surface area contributed by atoms with Crippen LogP contribution >= 0.6 is 12.2 Å². The van der Waals surface area contributed by atoms with Crippen LogP contribution in [0.3, 0.4) is 0 Å². The molecule has 4 nitrogen and oxygen atoms in total. The van der Waals surface area contributed by atoms with Gasteiger partial charge in [0.25, 0.3) is 0 Å². The predicted molar refractivity (Wildman–Crippen MR) is 79.1 cm³/mol. The largest absolute Gasteiger partial charge is 0.389 e. The van der Waals surface area contributed by atoms with Crippen LogP contribution in [0, 0.1) is 5.82 Å². The number of nitrogens with one attached hydrogen (secondary N) is 1. The summed E-state index contributed by atoms with van der Waals surface area (Å²) < 4.78 is 18.9. The molecule has 0 saturated carbocycles. The molecule has 1 aliphatic heterocycles. The minimum Gasteiger partial charge on any atom is -0.389 e. The molecule has 1 heterocycles. The molecule has 0 aromatic heterocycles. The SMILES string of the molecule is NC(=S)c1cc(NC(=O)CC2CCCCO2)ccc1F. The van der Waals surface area contributed by atoms with E-state index in [2.05, 4.69) is 5.32 Å². The number of carbonyl (C=O) groups is 1. The number of carbonyl (C=O) groups excluding carboxylic acids is 1. The van der Waals surface area contributed by atoms with E-state index in [-0.39, 0.29) is 22.6 Å². The Morgan fingerprint density at radius 2 is 2.30 bits per heavy atom. The molecule has 0 spiro atoms. The Kier molecular flexibility index (Phi) is 5.03. The van der Waals surface area contributed by atoms with Crippen LogP contribution in [0.2, 0.25) is 0 Å². The molecule has 1 fully saturated rings. The van der Waals surface area contributed by atoms with E-state index in [1.165, 1.54) is 18.2 Å². The molecule has 2 rings (SSSR count). The number of thiocarbonyl (C=S) groups is 1. The van der Waals surface area contributed by atoms with Crippen molar-refractivity contribution in [3.05, 3.63) is 29.6 Å². The Morgan fingerprint density at radius 1 is 1.50 bits per heavy atom. The predicted octanol–water partition coefficient (Wildman–Crippen LogP) is 2.36. The van der Waals surface area contributed by atoms with E-state index in [0.717, 1.165) is 19.3 Å². The van der Waals surface area contributed by atoms with E-state index in [1.807, 2.05) is 0 Å². The van der Waals surface area contributed by atoms with E-state index in [4.69, 9.17) is 22.7 Å². The molecule has 0 radical (unpaired) electrons. The number of ether oxygens (including phenoxy) is 1. The van der Waals surface area contributed by atoms with Crippen molar-refractivity contribution in [3.63, 3.8) is 0 Å². The third kappa shape index (κ3) is 3.98. The Bertz CT molecular complexity index is 516. The van der Waals surface area contributed by atoms with Crippen LogP contribution in [0.25, 0.3) is 0 Å². The number of hydrogen-bond donors (Lipinski definition) is 2. The van der Waals surface area contributed by atoms with Gasteiger partial charge in [-0.25, -0.2) is 4.39 Å². The average molecular weight is 296 g/mol. The van der Waals surface area contributed by atoms with E-state index in [0.29, 0.717) is 18.7 Å². The molecule has 3 N–H and O–H groups in total. The van der Waals surface area contributed by atoms with Gasteiger partial charge in [-0.15, -0.1) is 0 Å². The summed E-state index contributed by atoms with van der Waals surface area (Å²) in [6.07, 6.45) is 3.31. The molecular weight excluding hydrogens is 279 g/mol. The third-order valence-electron chi connectivity index (χ3n) is 3.20. The molecule has 1 aromatic carbocycles. The number of halogens is 1. The first kappa shape index (κ1) is 14.9. The monoisotopic (exact) mass is 296 g/mol. The summed E-state index contributed by atoms with van der Waals surface area (Å²) in [5, 5.41) is 2.71. The number of benzene rings is 1. The number of amides is 1. The van der Waals surface area contributed by atoms with E-state index >= 15 is 0 Å². The van der Waals surface area contributed by atoms with Crippen molar-refractivity contribution in [1.82, 2.24) is 0 Å². The number of anilines is 1. The molecule has 1 aliphatic rings. The molecule has 1 aromatic rings. The Morgan fingerprint density at radius 3 is 2.95 bits per heavy atom. The van der Waals surface area contributed by atoms with Crippen LogP contribution in [0.5, 0.6) is 0 Å². The average Bonchev–Trinajstić information content (AvgIpc) is 2.41. The zero-order valence-corrected chi connectivity index (χ0v) is 11.8. The quantitative estimate of drug-likeness (QED) is 0.837. The highest BCUT2D eigenvalue weighted by atomic mass is 32.1. The fourth-order valence-electron chi connectivity index (χ4n) is 2.18. The highest BCUT2D eigenvalue weighted by molar-refractivity contribution is 7.80. The van der Waals surface area contributed by atoms with Crippen LogP contribution in [0.1, 0.15) is 31.2 Å². The molecule has 6 heteroatoms. The fourth-order valence-corrected chi connectivity index (χ4v) is 2.34. The van der Waals surface area contributed by atoms with Crippen molar-refractivity contribution in [3.8, 4) is 0 Å². The lowest BCUT2D eigenvalue weighted by molar-refractivity contribution is -0.119. The Balaban J connectivity index is 1.96. The molecule has 0 bridgehead atoms. The van der Waals surface area contributed by atoms with Gasteiger partial charge < -0.3 is 15.8 Å². The van der Waals surface area contributed by atoms with Gasteiger partial charge in [0, 0.05) is 17.9 Å². The van der Waals surface area contributed by atoms with Crippen molar-refractivity contribution < 1.29 is 13.9 Å². The maximum atomic E-state index is 13.4. The van der Waals surface area contributed by atoms with Gasteiger partial charge in [0.05, 0.1) is 12.5 Å². The summed E-state index contributed by atoms with van der Waals surface area (Å²) in [6.45, 7) is 0.708. The lowest BCUT2D eigenvalue weighted by atomic mass is 10.1. The lowest BCUT2D eigenvalue weighted by Crippen LogP contribution is -2.25. The number of hydrogen-bond acceptors (Lipinski definition) is 3. The summed E-state index contributed by atoms with van der Waals surface area (Å²) >= 11 is 4.76. The Hall–Kier alpha value is -1.53. The molecule has 1 saturated heterocycles. The maximum Gasteiger partial charge on any atom is 0.226 e. The first-order valence-electron chi connectivity index (χ1n) is 6.57. The van der Waals surface area contributed by atoms with Crippen LogP contribution in [0.15, 0.2) is 18.2 Å². The second kappa shape index (κ2) is 6.76. The van der Waals surface area contributed by atoms with E-state index in [9.17, 15) is 9.18 Å². The van der Waals surface area contributed by atoms with Gasteiger partial charge >= 0.3 is 0 Å². The van der Waals surface area contributed by atoms with Crippen molar-refractivity contribution >= 4 is 28.8 Å². The zero-order chi connectivity index (χ0) is 14.5.